The summed E-state index contributed by atoms with van der Waals surface area (Å²) in [6.45, 7) is 1.23. The number of aliphatic hydroxyl groups is 1. The van der Waals surface area contributed by atoms with Crippen molar-refractivity contribution in [1.29, 1.82) is 0 Å². The fraction of sp³-hybridized carbons (Fsp3) is 0.536. The monoisotopic (exact) mass is 620 g/mol. The molecule has 2 aliphatic rings. The maximum Gasteiger partial charge on any atom is 0.430 e. The third kappa shape index (κ3) is 6.31. The number of hydrogen-bond donors (Lipinski definition) is 1. The molecule has 1 N–H and O–H groups in total. The zero-order valence-corrected chi connectivity index (χ0v) is 23.9. The molecule has 1 saturated carbocycles. The number of nitrogens with zero attached hydrogens (tertiary/aromatic N) is 4. The summed E-state index contributed by atoms with van der Waals surface area (Å²) < 4.78 is 81.5. The van der Waals surface area contributed by atoms with E-state index in [4.69, 9.17) is 11.6 Å². The molecule has 230 valence electrons. The van der Waals surface area contributed by atoms with Crippen LogP contribution in [0.25, 0.3) is 0 Å². The number of pyridine rings is 1. The van der Waals surface area contributed by atoms with Gasteiger partial charge in [-0.2, -0.15) is 26.3 Å². The van der Waals surface area contributed by atoms with E-state index in [1.165, 1.54) is 4.90 Å². The summed E-state index contributed by atoms with van der Waals surface area (Å²) in [6, 6.07) is 5.48. The molecule has 1 aliphatic carbocycles. The number of benzene rings is 1. The quantitative estimate of drug-likeness (QED) is 0.340. The van der Waals surface area contributed by atoms with E-state index in [1.807, 2.05) is 4.90 Å². The summed E-state index contributed by atoms with van der Waals surface area (Å²) >= 11 is 6.24. The Balaban J connectivity index is 1.37. The molecule has 4 rings (SSSR count). The van der Waals surface area contributed by atoms with Gasteiger partial charge in [0.05, 0.1) is 11.1 Å². The SMILES string of the molecule is CN(C)C(=O)c1ccc(N2CCC([C@H]3C[C@H]3CN(C)C(=O)[C@](O)(c3cccc(C(F)(F)F)c3)C(F)(F)F)CC2)nc1Cl. The van der Waals surface area contributed by atoms with Gasteiger partial charge in [-0.3, -0.25) is 9.59 Å². The predicted molar refractivity (Wildman–Crippen MR) is 143 cm³/mol. The fourth-order valence-corrected chi connectivity index (χ4v) is 5.89. The first-order valence-corrected chi connectivity index (χ1v) is 13.7. The van der Waals surface area contributed by atoms with Crippen LogP contribution in [0.3, 0.4) is 0 Å². The van der Waals surface area contributed by atoms with Crippen LogP contribution >= 0.6 is 11.6 Å². The zero-order valence-electron chi connectivity index (χ0n) is 23.1. The highest BCUT2D eigenvalue weighted by Crippen LogP contribution is 2.49. The minimum Gasteiger partial charge on any atom is -0.369 e. The van der Waals surface area contributed by atoms with E-state index in [2.05, 4.69) is 4.98 Å². The van der Waals surface area contributed by atoms with Gasteiger partial charge in [-0.1, -0.05) is 23.7 Å². The third-order valence-corrected chi connectivity index (χ3v) is 8.39. The van der Waals surface area contributed by atoms with Crippen LogP contribution < -0.4 is 4.90 Å². The maximum atomic E-state index is 14.0. The van der Waals surface area contributed by atoms with Crippen LogP contribution in [0.1, 0.15) is 40.7 Å². The molecule has 0 spiro atoms. The van der Waals surface area contributed by atoms with Crippen molar-refractivity contribution in [2.45, 2.75) is 37.2 Å². The smallest absolute Gasteiger partial charge is 0.369 e. The molecule has 14 heteroatoms. The second kappa shape index (κ2) is 11.6. The lowest BCUT2D eigenvalue weighted by molar-refractivity contribution is -0.261. The van der Waals surface area contributed by atoms with Gasteiger partial charge in [0.25, 0.3) is 17.4 Å². The summed E-state index contributed by atoms with van der Waals surface area (Å²) in [4.78, 5) is 33.8. The van der Waals surface area contributed by atoms with Gasteiger partial charge in [0.2, 0.25) is 0 Å². The van der Waals surface area contributed by atoms with E-state index in [9.17, 15) is 41.0 Å². The number of likely N-dealkylation sites (N-methyl/N-ethyl adjacent to an activating group) is 1. The molecule has 0 unspecified atom stereocenters. The molecule has 3 atom stereocenters. The van der Waals surface area contributed by atoms with Gasteiger partial charge in [-0.15, -0.1) is 0 Å². The fourth-order valence-electron chi connectivity index (χ4n) is 5.66. The van der Waals surface area contributed by atoms with Gasteiger partial charge in [0.1, 0.15) is 11.0 Å². The summed E-state index contributed by atoms with van der Waals surface area (Å²) in [7, 11) is 4.34. The molecular formula is C28H31ClF6N4O3. The topological polar surface area (TPSA) is 77.0 Å². The van der Waals surface area contributed by atoms with E-state index in [0.29, 0.717) is 43.0 Å². The van der Waals surface area contributed by atoms with Crippen LogP contribution in [0.2, 0.25) is 5.15 Å². The number of carbonyl (C=O) groups excluding carboxylic acids is 2. The Labute approximate surface area is 244 Å². The minimum atomic E-state index is -5.55. The standard InChI is InChI=1S/C28H31ClF6N4O3/c1-37(2)24(40)20-7-8-22(36-23(20)29)39-11-9-16(10-12-39)21-13-17(21)15-38(3)25(41)26(42,28(33,34)35)18-5-4-6-19(14-18)27(30,31)32/h4-8,14,16-17,21,42H,9-13,15H2,1-3H3/t17-,21+,26+/m0/s1. The molecular weight excluding hydrogens is 590 g/mol. The molecule has 2 heterocycles. The van der Waals surface area contributed by atoms with Crippen LogP contribution in [0.5, 0.6) is 0 Å². The average molecular weight is 621 g/mol. The van der Waals surface area contributed by atoms with Gasteiger partial charge in [0, 0.05) is 46.3 Å². The van der Waals surface area contributed by atoms with Gasteiger partial charge in [-0.05, 0) is 61.3 Å². The zero-order chi connectivity index (χ0) is 31.2. The van der Waals surface area contributed by atoms with Crippen molar-refractivity contribution in [2.24, 2.45) is 17.8 Å². The third-order valence-electron chi connectivity index (χ3n) is 8.10. The Morgan fingerprint density at radius 1 is 1.02 bits per heavy atom. The van der Waals surface area contributed by atoms with Crippen molar-refractivity contribution >= 4 is 29.2 Å². The maximum absolute atomic E-state index is 14.0. The molecule has 0 radical (unpaired) electrons. The lowest BCUT2D eigenvalue weighted by atomic mass is 9.89. The molecule has 1 aromatic carbocycles. The van der Waals surface area contributed by atoms with Gasteiger partial charge >= 0.3 is 12.4 Å². The van der Waals surface area contributed by atoms with Crippen molar-refractivity contribution in [3.8, 4) is 0 Å². The summed E-state index contributed by atoms with van der Waals surface area (Å²) in [5.74, 6) is -1.04. The number of aromatic nitrogens is 1. The summed E-state index contributed by atoms with van der Waals surface area (Å²) in [5, 5.41) is 10.7. The lowest BCUT2D eigenvalue weighted by Gasteiger charge is -2.34. The van der Waals surface area contributed by atoms with E-state index in [-0.39, 0.29) is 41.4 Å². The highest BCUT2D eigenvalue weighted by Gasteiger charge is 2.62. The molecule has 7 nitrogen and oxygen atoms in total. The number of carbonyl (C=O) groups is 2. The predicted octanol–water partition coefficient (Wildman–Crippen LogP) is 5.22. The first-order chi connectivity index (χ1) is 19.4. The van der Waals surface area contributed by atoms with Crippen molar-refractivity contribution in [3.05, 3.63) is 58.2 Å². The van der Waals surface area contributed by atoms with E-state index < -0.39 is 35.0 Å². The molecule has 42 heavy (non-hydrogen) atoms. The van der Waals surface area contributed by atoms with Crippen molar-refractivity contribution < 1.29 is 41.0 Å². The van der Waals surface area contributed by atoms with E-state index in [1.54, 1.807) is 26.2 Å². The number of piperidine rings is 1. The normalized spacial score (nSPS) is 21.1. The summed E-state index contributed by atoms with van der Waals surface area (Å²) in [6.07, 6.45) is -8.28. The number of alkyl halides is 6. The Hall–Kier alpha value is -3.06. The second-order valence-electron chi connectivity index (χ2n) is 11.2. The molecule has 0 bridgehead atoms. The number of halogens is 7. The molecule has 1 aromatic heterocycles. The van der Waals surface area contributed by atoms with Crippen molar-refractivity contribution in [2.75, 3.05) is 45.7 Å². The van der Waals surface area contributed by atoms with Crippen LogP contribution in [0.15, 0.2) is 36.4 Å². The van der Waals surface area contributed by atoms with Crippen LogP contribution in [-0.2, 0) is 16.6 Å². The Morgan fingerprint density at radius 2 is 1.64 bits per heavy atom. The number of rotatable bonds is 7. The lowest BCUT2D eigenvalue weighted by Crippen LogP contribution is -2.55. The molecule has 2 aromatic rings. The van der Waals surface area contributed by atoms with E-state index in [0.717, 1.165) is 30.9 Å². The highest BCUT2D eigenvalue weighted by molar-refractivity contribution is 6.32. The first kappa shape index (κ1) is 31.9. The molecule has 1 saturated heterocycles. The van der Waals surface area contributed by atoms with Crippen molar-refractivity contribution in [1.82, 2.24) is 14.8 Å². The minimum absolute atomic E-state index is 0.0698. The number of amides is 2. The van der Waals surface area contributed by atoms with Gasteiger partial charge in [-0.25, -0.2) is 4.98 Å². The van der Waals surface area contributed by atoms with Crippen LogP contribution in [-0.4, -0.2) is 78.7 Å². The Bertz CT molecular complexity index is 1330. The van der Waals surface area contributed by atoms with Crippen LogP contribution in [0, 0.1) is 17.8 Å². The van der Waals surface area contributed by atoms with E-state index >= 15 is 0 Å². The van der Waals surface area contributed by atoms with Crippen LogP contribution in [0.4, 0.5) is 32.2 Å². The molecule has 1 aliphatic heterocycles. The molecule has 2 amide bonds. The first-order valence-electron chi connectivity index (χ1n) is 13.3. The van der Waals surface area contributed by atoms with Gasteiger partial charge in [0.15, 0.2) is 0 Å². The Kier molecular flexibility index (Phi) is 8.77. The summed E-state index contributed by atoms with van der Waals surface area (Å²) in [5.41, 5.74) is -6.42. The average Bonchev–Trinajstić information content (AvgIpc) is 3.69. The number of anilines is 1. The second-order valence-corrected chi connectivity index (χ2v) is 11.5. The Morgan fingerprint density at radius 3 is 2.19 bits per heavy atom. The number of hydrogen-bond acceptors (Lipinski definition) is 5. The van der Waals surface area contributed by atoms with Gasteiger partial charge < -0.3 is 19.8 Å². The largest absolute Gasteiger partial charge is 0.430 e. The molecule has 2 fully saturated rings. The highest BCUT2D eigenvalue weighted by atomic mass is 35.5. The van der Waals surface area contributed by atoms with Crippen molar-refractivity contribution in [3.63, 3.8) is 0 Å².